The van der Waals surface area contributed by atoms with E-state index in [4.69, 9.17) is 4.74 Å². The van der Waals surface area contributed by atoms with Gasteiger partial charge in [0.2, 0.25) is 5.88 Å². The van der Waals surface area contributed by atoms with Gasteiger partial charge in [-0.2, -0.15) is 0 Å². The molecule has 0 aromatic carbocycles. The molecule has 0 saturated heterocycles. The summed E-state index contributed by atoms with van der Waals surface area (Å²) >= 11 is 0. The summed E-state index contributed by atoms with van der Waals surface area (Å²) < 4.78 is 4.73. The van der Waals surface area contributed by atoms with E-state index in [0.29, 0.717) is 0 Å². The van der Waals surface area contributed by atoms with Crippen molar-refractivity contribution in [1.82, 2.24) is 4.98 Å². The Labute approximate surface area is 79.7 Å². The molecule has 0 fully saturated rings. The first-order valence-electron chi connectivity index (χ1n) is 3.76. The largest absolute Gasteiger partial charge is 0.481 e. The summed E-state index contributed by atoms with van der Waals surface area (Å²) in [6.07, 6.45) is 0. The summed E-state index contributed by atoms with van der Waals surface area (Å²) in [7, 11) is 1.33. The molecule has 1 rings (SSSR count). The predicted octanol–water partition coefficient (Wildman–Crippen LogP) is 1.20. The second-order valence-electron chi connectivity index (χ2n) is 2.57. The molecular weight excluding hydrogens is 188 g/mol. The van der Waals surface area contributed by atoms with Crippen LogP contribution in [0.3, 0.4) is 0 Å². The van der Waals surface area contributed by atoms with E-state index in [1.54, 1.807) is 0 Å². The third-order valence-corrected chi connectivity index (χ3v) is 1.57. The molecule has 0 aliphatic carbocycles. The lowest BCUT2D eigenvalue weighted by molar-refractivity contribution is -0.385. The number of pyridine rings is 1. The van der Waals surface area contributed by atoms with Crippen molar-refractivity contribution in [3.63, 3.8) is 0 Å². The smallest absolute Gasteiger partial charge is 0.277 e. The molecule has 0 saturated carbocycles. The van der Waals surface area contributed by atoms with Gasteiger partial charge < -0.3 is 4.74 Å². The number of methoxy groups -OCH3 is 1. The van der Waals surface area contributed by atoms with Crippen LogP contribution in [-0.2, 0) is 0 Å². The van der Waals surface area contributed by atoms with Crippen LogP contribution < -0.4 is 4.74 Å². The van der Waals surface area contributed by atoms with Crippen molar-refractivity contribution in [3.8, 4) is 5.88 Å². The number of rotatable bonds is 3. The molecule has 1 heterocycles. The molecule has 0 N–H and O–H groups in total. The molecule has 0 amide bonds. The second kappa shape index (κ2) is 3.82. The molecule has 14 heavy (non-hydrogen) atoms. The van der Waals surface area contributed by atoms with Gasteiger partial charge in [-0.15, -0.1) is 0 Å². The first kappa shape index (κ1) is 10.1. The highest BCUT2D eigenvalue weighted by atomic mass is 16.6. The molecule has 1 aromatic heterocycles. The topological polar surface area (TPSA) is 82.3 Å². The minimum absolute atomic E-state index is 0.0241. The Morgan fingerprint density at radius 3 is 2.64 bits per heavy atom. The van der Waals surface area contributed by atoms with Crippen LogP contribution in [0.25, 0.3) is 0 Å². The molecule has 1 aromatic rings. The maximum absolute atomic E-state index is 10.9. The summed E-state index contributed by atoms with van der Waals surface area (Å²) in [4.78, 5) is 24.6. The van der Waals surface area contributed by atoms with Gasteiger partial charge in [0, 0.05) is 13.0 Å². The normalized spacial score (nSPS) is 9.57. The zero-order valence-corrected chi connectivity index (χ0v) is 7.68. The van der Waals surface area contributed by atoms with E-state index in [9.17, 15) is 14.9 Å². The average molecular weight is 196 g/mol. The number of nitrogens with zero attached hydrogens (tertiary/aromatic N) is 2. The molecule has 0 spiro atoms. The number of carbonyl (C=O) groups excluding carboxylic acids is 1. The zero-order valence-electron chi connectivity index (χ0n) is 7.68. The summed E-state index contributed by atoms with van der Waals surface area (Å²) in [6.45, 7) is 1.28. The van der Waals surface area contributed by atoms with Crippen LogP contribution >= 0.6 is 0 Å². The van der Waals surface area contributed by atoms with E-state index in [1.807, 2.05) is 0 Å². The van der Waals surface area contributed by atoms with E-state index in [-0.39, 0.29) is 23.0 Å². The monoisotopic (exact) mass is 196 g/mol. The number of hydrogen-bond acceptors (Lipinski definition) is 5. The van der Waals surface area contributed by atoms with Crippen LogP contribution in [0.5, 0.6) is 5.88 Å². The fourth-order valence-electron chi connectivity index (χ4n) is 0.882. The first-order valence-corrected chi connectivity index (χ1v) is 3.76. The number of Topliss-reactive ketones (excluding diaryl/α,β-unsaturated/α-hetero) is 1. The van der Waals surface area contributed by atoms with Gasteiger partial charge in [-0.1, -0.05) is 0 Å². The van der Waals surface area contributed by atoms with E-state index >= 15 is 0 Å². The molecule has 6 heteroatoms. The van der Waals surface area contributed by atoms with Gasteiger partial charge in [-0.3, -0.25) is 14.9 Å². The predicted molar refractivity (Wildman–Crippen MR) is 47.4 cm³/mol. The summed E-state index contributed by atoms with van der Waals surface area (Å²) in [5, 5.41) is 10.5. The number of carbonyl (C=O) groups is 1. The van der Waals surface area contributed by atoms with Crippen molar-refractivity contribution < 1.29 is 14.5 Å². The molecule has 0 atom stereocenters. The number of ketones is 1. The third-order valence-electron chi connectivity index (χ3n) is 1.57. The molecule has 0 bridgehead atoms. The lowest BCUT2D eigenvalue weighted by Gasteiger charge is -2.00. The zero-order chi connectivity index (χ0) is 10.7. The summed E-state index contributed by atoms with van der Waals surface area (Å²) in [5.74, 6) is -0.281. The van der Waals surface area contributed by atoms with Crippen LogP contribution in [-0.4, -0.2) is 22.8 Å². The SMILES string of the molecule is COc1cc([N+](=O)[O-])cc(C(C)=O)n1. The Balaban J connectivity index is 3.27. The van der Waals surface area contributed by atoms with Gasteiger partial charge in [0.25, 0.3) is 5.69 Å². The first-order chi connectivity index (χ1) is 6.54. The van der Waals surface area contributed by atoms with Gasteiger partial charge in [-0.25, -0.2) is 4.98 Å². The molecular formula is C8H8N2O4. The maximum atomic E-state index is 10.9. The lowest BCUT2D eigenvalue weighted by atomic mass is 10.2. The van der Waals surface area contributed by atoms with Crippen LogP contribution in [0.1, 0.15) is 17.4 Å². The standard InChI is InChI=1S/C8H8N2O4/c1-5(11)7-3-6(10(12)13)4-8(9-7)14-2/h3-4H,1-2H3. The summed E-state index contributed by atoms with van der Waals surface area (Å²) in [6, 6.07) is 2.28. The van der Waals surface area contributed by atoms with Gasteiger partial charge in [0.15, 0.2) is 5.78 Å². The average Bonchev–Trinajstić information content (AvgIpc) is 2.16. The Bertz CT molecular complexity index is 357. The van der Waals surface area contributed by atoms with Crippen LogP contribution in [0.15, 0.2) is 12.1 Å². The highest BCUT2D eigenvalue weighted by Gasteiger charge is 2.13. The molecule has 0 radical (unpaired) electrons. The van der Waals surface area contributed by atoms with Gasteiger partial charge in [-0.05, 0) is 0 Å². The molecule has 74 valence electrons. The van der Waals surface area contributed by atoms with Gasteiger partial charge in [0.05, 0.1) is 18.1 Å². The second-order valence-corrected chi connectivity index (χ2v) is 2.57. The highest BCUT2D eigenvalue weighted by Crippen LogP contribution is 2.18. The Kier molecular flexibility index (Phi) is 2.76. The fraction of sp³-hybridized carbons (Fsp3) is 0.250. The lowest BCUT2D eigenvalue weighted by Crippen LogP contribution is -2.01. The maximum Gasteiger partial charge on any atom is 0.277 e. The van der Waals surface area contributed by atoms with Gasteiger partial charge in [0.1, 0.15) is 5.69 Å². The van der Waals surface area contributed by atoms with Gasteiger partial charge >= 0.3 is 0 Å². The Morgan fingerprint density at radius 2 is 2.21 bits per heavy atom. The van der Waals surface area contributed by atoms with E-state index in [2.05, 4.69) is 4.98 Å². The van der Waals surface area contributed by atoms with Crippen molar-refractivity contribution >= 4 is 11.5 Å². The van der Waals surface area contributed by atoms with Crippen LogP contribution in [0, 0.1) is 10.1 Å². The number of nitro groups is 1. The van der Waals surface area contributed by atoms with E-state index in [0.717, 1.165) is 12.1 Å². The van der Waals surface area contributed by atoms with Crippen molar-refractivity contribution in [3.05, 3.63) is 27.9 Å². The molecule has 0 aliphatic rings. The van der Waals surface area contributed by atoms with Crippen LogP contribution in [0.4, 0.5) is 5.69 Å². The van der Waals surface area contributed by atoms with Crippen molar-refractivity contribution in [2.45, 2.75) is 6.92 Å². The minimum atomic E-state index is -0.601. The van der Waals surface area contributed by atoms with Crippen LogP contribution in [0.2, 0.25) is 0 Å². The van der Waals surface area contributed by atoms with Crippen molar-refractivity contribution in [2.24, 2.45) is 0 Å². The molecule has 0 aliphatic heterocycles. The highest BCUT2D eigenvalue weighted by molar-refractivity contribution is 5.92. The van der Waals surface area contributed by atoms with Crippen molar-refractivity contribution in [2.75, 3.05) is 7.11 Å². The molecule has 0 unspecified atom stereocenters. The number of hydrogen-bond donors (Lipinski definition) is 0. The van der Waals surface area contributed by atoms with Crippen molar-refractivity contribution in [1.29, 1.82) is 0 Å². The third kappa shape index (κ3) is 2.03. The Morgan fingerprint density at radius 1 is 1.57 bits per heavy atom. The Hall–Kier alpha value is -1.98. The number of aromatic nitrogens is 1. The van der Waals surface area contributed by atoms with E-state index < -0.39 is 4.92 Å². The quantitative estimate of drug-likeness (QED) is 0.412. The molecule has 6 nitrogen and oxygen atoms in total. The minimum Gasteiger partial charge on any atom is -0.481 e. The van der Waals surface area contributed by atoms with E-state index in [1.165, 1.54) is 14.0 Å². The fourth-order valence-corrected chi connectivity index (χ4v) is 0.882. The number of ether oxygens (including phenoxy) is 1. The summed E-state index contributed by atoms with van der Waals surface area (Å²) in [5.41, 5.74) is -0.182.